The molecule has 10 nitrogen and oxygen atoms in total. The van der Waals surface area contributed by atoms with E-state index in [9.17, 15) is 9.59 Å². The van der Waals surface area contributed by atoms with Gasteiger partial charge in [-0.2, -0.15) is 5.43 Å². The fraction of sp³-hybridized carbons (Fsp3) is 0.243. The fourth-order valence-corrected chi connectivity index (χ4v) is 10.8. The van der Waals surface area contributed by atoms with Crippen molar-refractivity contribution >= 4 is 40.5 Å². The molecule has 3 saturated heterocycles. The van der Waals surface area contributed by atoms with Crippen LogP contribution in [-0.4, -0.2) is 75.2 Å². The second-order valence-electron chi connectivity index (χ2n) is 13.1. The molecule has 11 heteroatoms. The number of benzene rings is 4. The van der Waals surface area contributed by atoms with E-state index in [1.165, 1.54) is 16.8 Å². The molecule has 5 aliphatic heterocycles. The number of aliphatic imine (C=N–C) groups is 1. The third-order valence-electron chi connectivity index (χ3n) is 11.1. The van der Waals surface area contributed by atoms with Gasteiger partial charge in [0.2, 0.25) is 5.66 Å². The van der Waals surface area contributed by atoms with E-state index in [0.717, 1.165) is 22.3 Å². The molecule has 0 aromatic heterocycles. The quantitative estimate of drug-likeness (QED) is 0.339. The molecule has 3 unspecified atom stereocenters. The molecule has 48 heavy (non-hydrogen) atoms. The normalized spacial score (nSPS) is 32.1. The Balaban J connectivity index is 1.35. The van der Waals surface area contributed by atoms with Crippen LogP contribution in [0.1, 0.15) is 28.2 Å². The highest BCUT2D eigenvalue weighted by Gasteiger charge is 2.80. The lowest BCUT2D eigenvalue weighted by Crippen LogP contribution is -2.72. The van der Waals surface area contributed by atoms with Crippen molar-refractivity contribution < 1.29 is 14.4 Å². The van der Waals surface area contributed by atoms with Gasteiger partial charge in [0.1, 0.15) is 4.75 Å². The molecule has 0 aliphatic carbocycles. The summed E-state index contributed by atoms with van der Waals surface area (Å²) in [6, 6.07) is 36.8. The van der Waals surface area contributed by atoms with Crippen LogP contribution in [0.4, 0.5) is 10.5 Å². The van der Waals surface area contributed by atoms with E-state index >= 15 is 4.79 Å². The number of nitrogens with one attached hydrogen (secondary N) is 2. The van der Waals surface area contributed by atoms with Crippen LogP contribution in [0.3, 0.4) is 0 Å². The number of hydrogen-bond donors (Lipinski definition) is 2. The molecule has 2 spiro atoms. The highest BCUT2D eigenvalue weighted by Crippen LogP contribution is 2.67. The molecule has 5 heterocycles. The van der Waals surface area contributed by atoms with Crippen molar-refractivity contribution in [3.8, 4) is 0 Å². The number of anilines is 1. The number of likely N-dealkylation sites (N-methyl/N-ethyl adjacent to an activating group) is 3. The van der Waals surface area contributed by atoms with Crippen molar-refractivity contribution in [1.29, 1.82) is 0 Å². The highest BCUT2D eigenvalue weighted by atomic mass is 32.2. The van der Waals surface area contributed by atoms with E-state index in [-0.39, 0.29) is 23.8 Å². The number of likely N-dealkylation sites (tertiary alicyclic amines) is 1. The molecular formula is C37H33N7O3S. The minimum absolute atomic E-state index is 0.244. The molecule has 2 N–H and O–H groups in total. The number of urea groups is 1. The molecule has 5 aliphatic rings. The molecule has 240 valence electrons. The Bertz CT molecular complexity index is 2050. The fourth-order valence-electron chi connectivity index (χ4n) is 9.07. The maximum Gasteiger partial charge on any atom is 0.323 e. The number of thioether (sulfide) groups is 1. The minimum atomic E-state index is -1.36. The molecule has 5 atom stereocenters. The maximum absolute atomic E-state index is 15.7. The van der Waals surface area contributed by atoms with Gasteiger partial charge >= 0.3 is 6.03 Å². The number of hydrazine groups is 1. The second kappa shape index (κ2) is 9.79. The summed E-state index contributed by atoms with van der Waals surface area (Å²) < 4.78 is -1.36. The Morgan fingerprint density at radius 3 is 2.04 bits per heavy atom. The lowest BCUT2D eigenvalue weighted by molar-refractivity contribution is -0.144. The van der Waals surface area contributed by atoms with Crippen molar-refractivity contribution in [2.45, 2.75) is 27.5 Å². The molecule has 4 aromatic carbocycles. The van der Waals surface area contributed by atoms with Crippen LogP contribution >= 0.6 is 11.8 Å². The first kappa shape index (κ1) is 29.2. The average molecular weight is 656 g/mol. The Morgan fingerprint density at radius 1 is 0.750 bits per heavy atom. The maximum atomic E-state index is 15.7. The van der Waals surface area contributed by atoms with Crippen molar-refractivity contribution in [3.63, 3.8) is 0 Å². The van der Waals surface area contributed by atoms with Crippen molar-refractivity contribution in [2.75, 3.05) is 33.0 Å². The SMILES string of the molecule is CN1CC(c2ccccc2)C2(SC3=N[C@]4(c5ccccc5)N(C)C(=O)N(C)[C@]4(c4ccccc4)NN3C2=O)C12C(=O)Nc1ccccc12. The highest BCUT2D eigenvalue weighted by molar-refractivity contribution is 8.16. The number of carbonyl (C=O) groups is 3. The first-order chi connectivity index (χ1) is 23.2. The summed E-state index contributed by atoms with van der Waals surface area (Å²) in [5.74, 6) is -0.916. The van der Waals surface area contributed by atoms with Crippen LogP contribution < -0.4 is 10.7 Å². The number of hydrogen-bond acceptors (Lipinski definition) is 7. The molecule has 0 radical (unpaired) electrons. The predicted octanol–water partition coefficient (Wildman–Crippen LogP) is 4.45. The summed E-state index contributed by atoms with van der Waals surface area (Å²) in [5.41, 5.74) is 3.59. The zero-order chi connectivity index (χ0) is 33.1. The average Bonchev–Trinajstić information content (AvgIpc) is 3.74. The predicted molar refractivity (Wildman–Crippen MR) is 183 cm³/mol. The van der Waals surface area contributed by atoms with Gasteiger partial charge in [-0.05, 0) is 24.2 Å². The Kier molecular flexibility index (Phi) is 5.95. The van der Waals surface area contributed by atoms with Gasteiger partial charge < -0.3 is 5.32 Å². The number of carbonyl (C=O) groups excluding carboxylic acids is 3. The van der Waals surface area contributed by atoms with Crippen LogP contribution in [0.15, 0.2) is 120 Å². The van der Waals surface area contributed by atoms with E-state index < -0.39 is 21.6 Å². The van der Waals surface area contributed by atoms with Crippen LogP contribution in [0, 0.1) is 0 Å². The monoisotopic (exact) mass is 655 g/mol. The Morgan fingerprint density at radius 2 is 1.35 bits per heavy atom. The third-order valence-corrected chi connectivity index (χ3v) is 12.6. The van der Waals surface area contributed by atoms with Gasteiger partial charge in [0, 0.05) is 43.4 Å². The van der Waals surface area contributed by atoms with Crippen molar-refractivity contribution in [2.24, 2.45) is 4.99 Å². The van der Waals surface area contributed by atoms with E-state index in [1.807, 2.05) is 127 Å². The first-order valence-electron chi connectivity index (χ1n) is 16.0. The van der Waals surface area contributed by atoms with Gasteiger partial charge in [-0.1, -0.05) is 121 Å². The Hall–Kier alpha value is -4.97. The number of amides is 4. The van der Waals surface area contributed by atoms with Crippen LogP contribution in [0.5, 0.6) is 0 Å². The van der Waals surface area contributed by atoms with Gasteiger partial charge in [0.15, 0.2) is 16.4 Å². The number of fused-ring (bicyclic) bond motifs is 5. The molecule has 4 amide bonds. The largest absolute Gasteiger partial charge is 0.324 e. The summed E-state index contributed by atoms with van der Waals surface area (Å²) in [7, 11) is 5.43. The molecule has 3 fully saturated rings. The van der Waals surface area contributed by atoms with Gasteiger partial charge in [0.25, 0.3) is 11.8 Å². The molecule has 0 bridgehead atoms. The third kappa shape index (κ3) is 3.13. The summed E-state index contributed by atoms with van der Waals surface area (Å²) in [6.45, 7) is 0.456. The minimum Gasteiger partial charge on any atom is -0.324 e. The summed E-state index contributed by atoms with van der Waals surface area (Å²) in [5, 5.41) is 5.05. The summed E-state index contributed by atoms with van der Waals surface area (Å²) >= 11 is 1.33. The van der Waals surface area contributed by atoms with E-state index in [4.69, 9.17) is 4.99 Å². The lowest BCUT2D eigenvalue weighted by atomic mass is 9.72. The Labute approximate surface area is 282 Å². The van der Waals surface area contributed by atoms with Crippen molar-refractivity contribution in [3.05, 3.63) is 138 Å². The molecule has 9 rings (SSSR count). The van der Waals surface area contributed by atoms with Crippen molar-refractivity contribution in [1.82, 2.24) is 25.1 Å². The zero-order valence-corrected chi connectivity index (χ0v) is 27.4. The topological polar surface area (TPSA) is 101 Å². The van der Waals surface area contributed by atoms with E-state index in [0.29, 0.717) is 17.4 Å². The summed E-state index contributed by atoms with van der Waals surface area (Å²) in [4.78, 5) is 55.3. The second-order valence-corrected chi connectivity index (χ2v) is 14.3. The van der Waals surface area contributed by atoms with E-state index in [2.05, 4.69) is 10.7 Å². The van der Waals surface area contributed by atoms with Gasteiger partial charge in [-0.15, -0.1) is 0 Å². The number of rotatable bonds is 3. The number of nitrogens with zero attached hydrogens (tertiary/aromatic N) is 5. The molecule has 0 saturated carbocycles. The van der Waals surface area contributed by atoms with Crippen LogP contribution in [0.25, 0.3) is 0 Å². The molecule has 4 aromatic rings. The zero-order valence-electron chi connectivity index (χ0n) is 26.6. The van der Waals surface area contributed by atoms with Gasteiger partial charge in [-0.25, -0.2) is 14.8 Å². The van der Waals surface area contributed by atoms with Crippen LogP contribution in [0.2, 0.25) is 0 Å². The number of amidine groups is 1. The van der Waals surface area contributed by atoms with E-state index in [1.54, 1.807) is 23.9 Å². The van der Waals surface area contributed by atoms with Gasteiger partial charge in [-0.3, -0.25) is 24.3 Å². The smallest absolute Gasteiger partial charge is 0.323 e. The standard InChI is InChI=1S/C37H33N7O3S/c1-41-23-28(24-15-7-4-8-16-24)35(34(41)27-21-13-14-22-29(27)38-30(34)45)31(46)44-32(48-35)39-36(25-17-9-5-10-18-25)37(40-44,26-19-11-6-12-20-26)43(3)33(47)42(36)2/h4-22,28,40H,23H2,1-3H3,(H,38,45)/t28?,34?,35?,36-,37+/m1/s1. The van der Waals surface area contributed by atoms with Crippen LogP contribution in [-0.2, 0) is 26.5 Å². The first-order valence-corrected chi connectivity index (χ1v) is 16.8. The summed E-state index contributed by atoms with van der Waals surface area (Å²) in [6.07, 6.45) is 0. The number of para-hydroxylation sites is 1. The van der Waals surface area contributed by atoms with Gasteiger partial charge in [0.05, 0.1) is 0 Å². The molecular weight excluding hydrogens is 623 g/mol. The lowest BCUT2D eigenvalue weighted by Gasteiger charge is -2.51.